The number of rotatable bonds is 3. The van der Waals surface area contributed by atoms with E-state index in [1.54, 1.807) is 11.3 Å². The first-order valence-electron chi connectivity index (χ1n) is 6.36. The van der Waals surface area contributed by atoms with Gasteiger partial charge in [0.15, 0.2) is 0 Å². The molecule has 1 aromatic carbocycles. The quantitative estimate of drug-likeness (QED) is 0.779. The van der Waals surface area contributed by atoms with Crippen molar-refractivity contribution >= 4 is 22.2 Å². The average Bonchev–Trinajstić information content (AvgIpc) is 2.86. The summed E-state index contributed by atoms with van der Waals surface area (Å²) in [6.45, 7) is 2.17. The Morgan fingerprint density at radius 3 is 2.68 bits per heavy atom. The maximum Gasteiger partial charge on any atom is 0.0705 e. The molecule has 1 unspecified atom stereocenters. The minimum Gasteiger partial charge on any atom is -0.309 e. The molecule has 0 fully saturated rings. The molecule has 0 aliphatic carbocycles. The summed E-state index contributed by atoms with van der Waals surface area (Å²) in [5.41, 5.74) is 3.69. The van der Waals surface area contributed by atoms with Crippen LogP contribution in [0.3, 0.4) is 0 Å². The number of nitrogens with one attached hydrogen (secondary N) is 1. The van der Waals surface area contributed by atoms with E-state index in [1.165, 1.54) is 21.4 Å². The van der Waals surface area contributed by atoms with Gasteiger partial charge in [0.05, 0.1) is 11.6 Å². The van der Waals surface area contributed by atoms with Crippen LogP contribution in [0, 0.1) is 6.92 Å². The molecule has 0 aliphatic rings. The highest BCUT2D eigenvalue weighted by Crippen LogP contribution is 2.31. The minimum atomic E-state index is 0.221. The number of pyridine rings is 1. The van der Waals surface area contributed by atoms with Crippen LogP contribution in [0.5, 0.6) is 0 Å². The second-order valence-electron chi connectivity index (χ2n) is 4.57. The van der Waals surface area contributed by atoms with Crippen molar-refractivity contribution in [3.63, 3.8) is 0 Å². The molecule has 96 valence electrons. The Hall–Kier alpha value is -1.71. The SMILES string of the molecule is CNC(c1ccsc1C)c1ccnc2ccccc12. The highest BCUT2D eigenvalue weighted by molar-refractivity contribution is 7.10. The molecule has 1 N–H and O–H groups in total. The largest absolute Gasteiger partial charge is 0.309 e. The van der Waals surface area contributed by atoms with Crippen molar-refractivity contribution in [3.8, 4) is 0 Å². The molecule has 3 aromatic rings. The van der Waals surface area contributed by atoms with Gasteiger partial charge in [-0.3, -0.25) is 4.98 Å². The van der Waals surface area contributed by atoms with Gasteiger partial charge in [0, 0.05) is 16.5 Å². The molecule has 0 aliphatic heterocycles. The Bertz CT molecular complexity index is 697. The van der Waals surface area contributed by atoms with Crippen LogP contribution in [0.2, 0.25) is 0 Å². The lowest BCUT2D eigenvalue weighted by molar-refractivity contribution is 0.695. The molecule has 0 spiro atoms. The Kier molecular flexibility index (Phi) is 3.32. The summed E-state index contributed by atoms with van der Waals surface area (Å²) < 4.78 is 0. The fourth-order valence-electron chi connectivity index (χ4n) is 2.54. The maximum atomic E-state index is 4.44. The van der Waals surface area contributed by atoms with Crippen LogP contribution in [-0.4, -0.2) is 12.0 Å². The number of para-hydroxylation sites is 1. The predicted molar refractivity (Wildman–Crippen MR) is 81.7 cm³/mol. The van der Waals surface area contributed by atoms with E-state index in [0.717, 1.165) is 5.52 Å². The molecule has 0 bridgehead atoms. The predicted octanol–water partition coefficient (Wildman–Crippen LogP) is 3.91. The average molecular weight is 268 g/mol. The van der Waals surface area contributed by atoms with Gasteiger partial charge in [-0.2, -0.15) is 0 Å². The van der Waals surface area contributed by atoms with Crippen LogP contribution in [0.4, 0.5) is 0 Å². The highest BCUT2D eigenvalue weighted by atomic mass is 32.1. The van der Waals surface area contributed by atoms with Gasteiger partial charge in [0.2, 0.25) is 0 Å². The number of aromatic nitrogens is 1. The van der Waals surface area contributed by atoms with Gasteiger partial charge < -0.3 is 5.32 Å². The third-order valence-electron chi connectivity index (χ3n) is 3.49. The van der Waals surface area contributed by atoms with Crippen molar-refractivity contribution in [2.24, 2.45) is 0 Å². The molecule has 0 radical (unpaired) electrons. The van der Waals surface area contributed by atoms with E-state index >= 15 is 0 Å². The van der Waals surface area contributed by atoms with Crippen molar-refractivity contribution in [3.05, 3.63) is 64.0 Å². The summed E-state index contributed by atoms with van der Waals surface area (Å²) in [6, 6.07) is 12.8. The normalized spacial score (nSPS) is 12.7. The summed E-state index contributed by atoms with van der Waals surface area (Å²) in [7, 11) is 2.01. The van der Waals surface area contributed by atoms with E-state index in [1.807, 2.05) is 19.3 Å². The first-order valence-corrected chi connectivity index (χ1v) is 7.24. The topological polar surface area (TPSA) is 24.9 Å². The summed E-state index contributed by atoms with van der Waals surface area (Å²) in [5.74, 6) is 0. The zero-order valence-electron chi connectivity index (χ0n) is 11.1. The number of fused-ring (bicyclic) bond motifs is 1. The van der Waals surface area contributed by atoms with Crippen LogP contribution >= 0.6 is 11.3 Å². The zero-order chi connectivity index (χ0) is 13.2. The Balaban J connectivity index is 2.20. The van der Waals surface area contributed by atoms with E-state index in [4.69, 9.17) is 0 Å². The molecular formula is C16H16N2S. The Labute approximate surface area is 117 Å². The van der Waals surface area contributed by atoms with Gasteiger partial charge in [0.1, 0.15) is 0 Å². The monoisotopic (exact) mass is 268 g/mol. The summed E-state index contributed by atoms with van der Waals surface area (Å²) in [5, 5.41) is 6.80. The van der Waals surface area contributed by atoms with E-state index in [0.29, 0.717) is 0 Å². The molecule has 2 aromatic heterocycles. The molecule has 1 atom stereocenters. The fourth-order valence-corrected chi connectivity index (χ4v) is 3.28. The zero-order valence-corrected chi connectivity index (χ0v) is 11.9. The van der Waals surface area contributed by atoms with Gasteiger partial charge in [-0.25, -0.2) is 0 Å². The third-order valence-corrected chi connectivity index (χ3v) is 4.35. The fraction of sp³-hybridized carbons (Fsp3) is 0.188. The molecule has 0 saturated heterocycles. The van der Waals surface area contributed by atoms with E-state index in [-0.39, 0.29) is 6.04 Å². The highest BCUT2D eigenvalue weighted by Gasteiger charge is 2.17. The summed E-state index contributed by atoms with van der Waals surface area (Å²) in [6.07, 6.45) is 1.89. The molecular weight excluding hydrogens is 252 g/mol. The van der Waals surface area contributed by atoms with Gasteiger partial charge in [-0.15, -0.1) is 11.3 Å². The van der Waals surface area contributed by atoms with Gasteiger partial charge in [-0.1, -0.05) is 18.2 Å². The second-order valence-corrected chi connectivity index (χ2v) is 5.69. The Morgan fingerprint density at radius 1 is 1.11 bits per heavy atom. The maximum absolute atomic E-state index is 4.44. The molecule has 2 heterocycles. The van der Waals surface area contributed by atoms with Crippen molar-refractivity contribution in [1.82, 2.24) is 10.3 Å². The van der Waals surface area contributed by atoms with Crippen LogP contribution in [-0.2, 0) is 0 Å². The van der Waals surface area contributed by atoms with Crippen LogP contribution < -0.4 is 5.32 Å². The smallest absolute Gasteiger partial charge is 0.0705 e. The van der Waals surface area contributed by atoms with Crippen molar-refractivity contribution in [2.75, 3.05) is 7.05 Å². The van der Waals surface area contributed by atoms with Crippen LogP contribution in [0.25, 0.3) is 10.9 Å². The standard InChI is InChI=1S/C16H16N2S/c1-11-12(8-10-19-11)16(17-2)14-7-9-18-15-6-4-3-5-13(14)15/h3-10,16-17H,1-2H3. The number of nitrogens with zero attached hydrogens (tertiary/aromatic N) is 1. The Morgan fingerprint density at radius 2 is 1.95 bits per heavy atom. The van der Waals surface area contributed by atoms with Crippen LogP contribution in [0.15, 0.2) is 48.0 Å². The van der Waals surface area contributed by atoms with Gasteiger partial charge in [0.25, 0.3) is 0 Å². The van der Waals surface area contributed by atoms with Gasteiger partial charge in [-0.05, 0) is 48.7 Å². The van der Waals surface area contributed by atoms with E-state index < -0.39 is 0 Å². The first kappa shape index (κ1) is 12.3. The van der Waals surface area contributed by atoms with E-state index in [9.17, 15) is 0 Å². The van der Waals surface area contributed by atoms with Crippen molar-refractivity contribution < 1.29 is 0 Å². The summed E-state index contributed by atoms with van der Waals surface area (Å²) >= 11 is 1.79. The van der Waals surface area contributed by atoms with Gasteiger partial charge >= 0.3 is 0 Å². The molecule has 19 heavy (non-hydrogen) atoms. The number of aryl methyl sites for hydroxylation is 1. The second kappa shape index (κ2) is 5.11. The minimum absolute atomic E-state index is 0.221. The number of hydrogen-bond donors (Lipinski definition) is 1. The van der Waals surface area contributed by atoms with Crippen LogP contribution in [0.1, 0.15) is 22.0 Å². The number of benzene rings is 1. The lowest BCUT2D eigenvalue weighted by atomic mass is 9.96. The molecule has 0 saturated carbocycles. The van der Waals surface area contributed by atoms with Crippen molar-refractivity contribution in [2.45, 2.75) is 13.0 Å². The van der Waals surface area contributed by atoms with Crippen molar-refractivity contribution in [1.29, 1.82) is 0 Å². The third kappa shape index (κ3) is 2.15. The molecule has 2 nitrogen and oxygen atoms in total. The lowest BCUT2D eigenvalue weighted by Crippen LogP contribution is -2.18. The lowest BCUT2D eigenvalue weighted by Gasteiger charge is -2.18. The first-order chi connectivity index (χ1) is 9.31. The van der Waals surface area contributed by atoms with E-state index in [2.05, 4.69) is 52.9 Å². The summed E-state index contributed by atoms with van der Waals surface area (Å²) in [4.78, 5) is 5.80. The molecule has 3 rings (SSSR count). The molecule has 3 heteroatoms. The number of thiophene rings is 1. The molecule has 0 amide bonds. The number of hydrogen-bond acceptors (Lipinski definition) is 3.